The van der Waals surface area contributed by atoms with Crippen molar-refractivity contribution in [1.82, 2.24) is 0 Å². The van der Waals surface area contributed by atoms with Gasteiger partial charge in [0.2, 0.25) is 0 Å². The van der Waals surface area contributed by atoms with Gasteiger partial charge in [0, 0.05) is 9.50 Å². The van der Waals surface area contributed by atoms with E-state index in [2.05, 4.69) is 15.9 Å². The average Bonchev–Trinajstić information content (AvgIpc) is 2.32. The predicted molar refractivity (Wildman–Crippen MR) is 74.4 cm³/mol. The van der Waals surface area contributed by atoms with Crippen LogP contribution in [0.4, 0.5) is 0 Å². The Balaban J connectivity index is 2.39. The normalized spacial score (nSPS) is 12.5. The zero-order chi connectivity index (χ0) is 12.4. The maximum atomic E-state index is 10.3. The van der Waals surface area contributed by atoms with Crippen LogP contribution in [0, 0.1) is 6.92 Å². The molecule has 0 heterocycles. The van der Waals surface area contributed by atoms with E-state index in [1.807, 2.05) is 37.3 Å². The number of benzene rings is 2. The quantitative estimate of drug-likeness (QED) is 0.866. The fourth-order valence-corrected chi connectivity index (χ4v) is 2.24. The van der Waals surface area contributed by atoms with Gasteiger partial charge >= 0.3 is 0 Å². The van der Waals surface area contributed by atoms with Gasteiger partial charge in [0.25, 0.3) is 0 Å². The van der Waals surface area contributed by atoms with Gasteiger partial charge in [-0.15, -0.1) is 0 Å². The largest absolute Gasteiger partial charge is 0.384 e. The standard InChI is InChI=1S/C14H12BrClO/c1-9-2-5-11(15)8-13(9)14(17)10-3-6-12(16)7-4-10/h2-8,14,17H,1H3. The molecule has 0 aliphatic heterocycles. The van der Waals surface area contributed by atoms with Gasteiger partial charge in [-0.05, 0) is 47.9 Å². The van der Waals surface area contributed by atoms with Gasteiger partial charge in [0.05, 0.1) is 0 Å². The van der Waals surface area contributed by atoms with Gasteiger partial charge in [-0.3, -0.25) is 0 Å². The molecule has 2 rings (SSSR count). The number of aryl methyl sites for hydroxylation is 1. The van der Waals surface area contributed by atoms with Crippen LogP contribution in [-0.4, -0.2) is 5.11 Å². The first-order valence-corrected chi connectivity index (χ1v) is 6.44. The molecule has 0 aliphatic rings. The molecule has 1 atom stereocenters. The summed E-state index contributed by atoms with van der Waals surface area (Å²) in [5.41, 5.74) is 2.81. The average molecular weight is 312 g/mol. The molecular formula is C14H12BrClO. The van der Waals surface area contributed by atoms with Crippen LogP contribution in [-0.2, 0) is 0 Å². The third-order valence-electron chi connectivity index (χ3n) is 2.72. The summed E-state index contributed by atoms with van der Waals surface area (Å²) < 4.78 is 0.964. The molecule has 0 saturated carbocycles. The third-order valence-corrected chi connectivity index (χ3v) is 3.47. The lowest BCUT2D eigenvalue weighted by atomic mass is 9.98. The zero-order valence-corrected chi connectivity index (χ0v) is 11.7. The highest BCUT2D eigenvalue weighted by Gasteiger charge is 2.13. The minimum absolute atomic E-state index is 0.621. The fourth-order valence-electron chi connectivity index (χ4n) is 1.73. The lowest BCUT2D eigenvalue weighted by Crippen LogP contribution is -2.01. The minimum Gasteiger partial charge on any atom is -0.384 e. The summed E-state index contributed by atoms with van der Waals surface area (Å²) in [4.78, 5) is 0. The van der Waals surface area contributed by atoms with Crippen LogP contribution in [0.1, 0.15) is 22.8 Å². The Morgan fingerprint density at radius 1 is 1.12 bits per heavy atom. The SMILES string of the molecule is Cc1ccc(Br)cc1C(O)c1ccc(Cl)cc1. The van der Waals surface area contributed by atoms with Gasteiger partial charge in [-0.25, -0.2) is 0 Å². The summed E-state index contributed by atoms with van der Waals surface area (Å²) in [6.07, 6.45) is -0.621. The molecule has 0 fully saturated rings. The maximum absolute atomic E-state index is 10.3. The molecule has 0 spiro atoms. The smallest absolute Gasteiger partial charge is 0.104 e. The number of hydrogen-bond donors (Lipinski definition) is 1. The van der Waals surface area contributed by atoms with E-state index < -0.39 is 6.10 Å². The molecule has 0 saturated heterocycles. The van der Waals surface area contributed by atoms with E-state index in [0.29, 0.717) is 5.02 Å². The molecular weight excluding hydrogens is 300 g/mol. The van der Waals surface area contributed by atoms with E-state index in [9.17, 15) is 5.11 Å². The Labute approximate surface area is 114 Å². The Morgan fingerprint density at radius 2 is 1.76 bits per heavy atom. The van der Waals surface area contributed by atoms with Crippen molar-refractivity contribution in [3.05, 3.63) is 68.7 Å². The molecule has 1 nitrogen and oxygen atoms in total. The second-order valence-corrected chi connectivity index (χ2v) is 5.31. The van der Waals surface area contributed by atoms with Gasteiger partial charge in [0.1, 0.15) is 6.10 Å². The highest BCUT2D eigenvalue weighted by Crippen LogP contribution is 2.28. The number of aliphatic hydroxyl groups excluding tert-OH is 1. The van der Waals surface area contributed by atoms with Crippen LogP contribution in [0.5, 0.6) is 0 Å². The molecule has 0 aromatic heterocycles. The van der Waals surface area contributed by atoms with Crippen molar-refractivity contribution in [2.45, 2.75) is 13.0 Å². The van der Waals surface area contributed by atoms with Gasteiger partial charge < -0.3 is 5.11 Å². The molecule has 17 heavy (non-hydrogen) atoms. The van der Waals surface area contributed by atoms with E-state index in [1.54, 1.807) is 12.1 Å². The van der Waals surface area contributed by atoms with Gasteiger partial charge in [-0.2, -0.15) is 0 Å². The van der Waals surface area contributed by atoms with Crippen LogP contribution in [0.25, 0.3) is 0 Å². The van der Waals surface area contributed by atoms with Crippen LogP contribution in [0.15, 0.2) is 46.9 Å². The molecule has 1 unspecified atom stereocenters. The van der Waals surface area contributed by atoms with Crippen molar-refractivity contribution >= 4 is 27.5 Å². The topological polar surface area (TPSA) is 20.2 Å². The van der Waals surface area contributed by atoms with Crippen LogP contribution in [0.2, 0.25) is 5.02 Å². The first-order valence-electron chi connectivity index (χ1n) is 5.27. The Morgan fingerprint density at radius 3 is 2.41 bits per heavy atom. The monoisotopic (exact) mass is 310 g/mol. The molecule has 0 aliphatic carbocycles. The lowest BCUT2D eigenvalue weighted by Gasteiger charge is -2.14. The van der Waals surface area contributed by atoms with Crippen LogP contribution < -0.4 is 0 Å². The van der Waals surface area contributed by atoms with Crippen molar-refractivity contribution in [2.75, 3.05) is 0 Å². The van der Waals surface area contributed by atoms with Crippen LogP contribution in [0.3, 0.4) is 0 Å². The summed E-state index contributed by atoms with van der Waals surface area (Å²) in [5, 5.41) is 11.0. The number of hydrogen-bond acceptors (Lipinski definition) is 1. The maximum Gasteiger partial charge on any atom is 0.104 e. The second-order valence-electron chi connectivity index (χ2n) is 3.95. The van der Waals surface area contributed by atoms with Crippen molar-refractivity contribution < 1.29 is 5.11 Å². The Hall–Kier alpha value is -0.830. The summed E-state index contributed by atoms with van der Waals surface area (Å²) in [6.45, 7) is 1.99. The van der Waals surface area contributed by atoms with Crippen molar-refractivity contribution in [2.24, 2.45) is 0 Å². The number of aliphatic hydroxyl groups is 1. The molecule has 0 bridgehead atoms. The van der Waals surface area contributed by atoms with Crippen LogP contribution >= 0.6 is 27.5 Å². The van der Waals surface area contributed by atoms with Crippen molar-refractivity contribution in [1.29, 1.82) is 0 Å². The van der Waals surface area contributed by atoms with Gasteiger partial charge in [-0.1, -0.05) is 45.7 Å². The first kappa shape index (κ1) is 12.6. The lowest BCUT2D eigenvalue weighted by molar-refractivity contribution is 0.219. The molecule has 0 amide bonds. The van der Waals surface area contributed by atoms with E-state index in [-0.39, 0.29) is 0 Å². The fraction of sp³-hybridized carbons (Fsp3) is 0.143. The van der Waals surface area contributed by atoms with Crippen molar-refractivity contribution in [3.8, 4) is 0 Å². The van der Waals surface area contributed by atoms with E-state index in [0.717, 1.165) is 21.2 Å². The molecule has 0 radical (unpaired) electrons. The van der Waals surface area contributed by atoms with E-state index in [1.165, 1.54) is 0 Å². The molecule has 2 aromatic carbocycles. The highest BCUT2D eigenvalue weighted by atomic mass is 79.9. The number of rotatable bonds is 2. The molecule has 1 N–H and O–H groups in total. The highest BCUT2D eigenvalue weighted by molar-refractivity contribution is 9.10. The van der Waals surface area contributed by atoms with Gasteiger partial charge in [0.15, 0.2) is 0 Å². The third kappa shape index (κ3) is 2.89. The summed E-state index contributed by atoms with van der Waals surface area (Å²) >= 11 is 9.25. The number of halogens is 2. The Bertz CT molecular complexity index is 522. The van der Waals surface area contributed by atoms with E-state index >= 15 is 0 Å². The van der Waals surface area contributed by atoms with E-state index in [4.69, 9.17) is 11.6 Å². The Kier molecular flexibility index (Phi) is 3.87. The molecule has 2 aromatic rings. The first-order chi connectivity index (χ1) is 8.08. The summed E-state index contributed by atoms with van der Waals surface area (Å²) in [6, 6.07) is 13.1. The summed E-state index contributed by atoms with van der Waals surface area (Å²) in [5.74, 6) is 0. The predicted octanol–water partition coefficient (Wildman–Crippen LogP) is 4.49. The van der Waals surface area contributed by atoms with Crippen molar-refractivity contribution in [3.63, 3.8) is 0 Å². The zero-order valence-electron chi connectivity index (χ0n) is 9.32. The second kappa shape index (κ2) is 5.21. The molecule has 88 valence electrons. The minimum atomic E-state index is -0.621. The summed E-state index contributed by atoms with van der Waals surface area (Å²) in [7, 11) is 0. The molecule has 3 heteroatoms.